The van der Waals surface area contributed by atoms with Crippen LogP contribution in [0.4, 0.5) is 0 Å². The van der Waals surface area contributed by atoms with E-state index in [4.69, 9.17) is 18.9 Å². The van der Waals surface area contributed by atoms with Gasteiger partial charge >= 0.3 is 5.97 Å². The molecule has 3 aliphatic heterocycles. The van der Waals surface area contributed by atoms with Gasteiger partial charge < -0.3 is 34.1 Å². The molecule has 0 aromatic carbocycles. The summed E-state index contributed by atoms with van der Waals surface area (Å²) < 4.78 is 24.3. The van der Waals surface area contributed by atoms with Crippen LogP contribution in [0.3, 0.4) is 0 Å². The van der Waals surface area contributed by atoms with Gasteiger partial charge in [0.15, 0.2) is 12.1 Å². The molecule has 0 aromatic heterocycles. The summed E-state index contributed by atoms with van der Waals surface area (Å²) in [5, 5.41) is 22.3. The molecule has 9 heteroatoms. The Morgan fingerprint density at radius 3 is 2.36 bits per heavy atom. The number of ketones is 1. The number of allylic oxidation sites excluding steroid dienone is 1. The van der Waals surface area contributed by atoms with Crippen molar-refractivity contribution in [3.05, 3.63) is 12.2 Å². The minimum atomic E-state index is -1.04. The van der Waals surface area contributed by atoms with Gasteiger partial charge in [-0.1, -0.05) is 34.6 Å². The third-order valence-electron chi connectivity index (χ3n) is 9.06. The first-order valence-electron chi connectivity index (χ1n) is 14.6. The molecule has 39 heavy (non-hydrogen) atoms. The van der Waals surface area contributed by atoms with Gasteiger partial charge in [-0.15, -0.1) is 0 Å². The number of cyclic esters (lactones) is 1. The van der Waals surface area contributed by atoms with Crippen LogP contribution >= 0.6 is 0 Å². The Hall–Kier alpha value is -1.36. The maximum atomic E-state index is 13.1. The van der Waals surface area contributed by atoms with Crippen LogP contribution in [0.1, 0.15) is 74.1 Å². The molecule has 3 rings (SSSR count). The van der Waals surface area contributed by atoms with E-state index in [-0.39, 0.29) is 54.3 Å². The predicted molar refractivity (Wildman–Crippen MR) is 147 cm³/mol. The number of rotatable bonds is 4. The molecule has 2 saturated heterocycles. The molecular weight excluding hydrogens is 502 g/mol. The summed E-state index contributed by atoms with van der Waals surface area (Å²) >= 11 is 0. The van der Waals surface area contributed by atoms with Gasteiger partial charge in [0.25, 0.3) is 0 Å². The van der Waals surface area contributed by atoms with Crippen molar-refractivity contribution in [2.45, 2.75) is 129 Å². The van der Waals surface area contributed by atoms with Crippen molar-refractivity contribution >= 4 is 11.8 Å². The summed E-state index contributed by atoms with van der Waals surface area (Å²) in [4.78, 5) is 28.0. The number of aliphatic hydroxyl groups is 2. The Morgan fingerprint density at radius 1 is 1.08 bits per heavy atom. The molecule has 0 aromatic rings. The lowest BCUT2D eigenvalue weighted by atomic mass is 9.82. The highest BCUT2D eigenvalue weighted by molar-refractivity contribution is 5.91. The summed E-state index contributed by atoms with van der Waals surface area (Å²) in [5.74, 6) is -1.51. The first-order chi connectivity index (χ1) is 18.2. The van der Waals surface area contributed by atoms with Crippen molar-refractivity contribution in [1.82, 2.24) is 4.90 Å². The fourth-order valence-electron chi connectivity index (χ4n) is 6.36. The molecule has 0 bridgehead atoms. The third kappa shape index (κ3) is 7.68. The van der Waals surface area contributed by atoms with E-state index in [1.807, 2.05) is 73.5 Å². The lowest BCUT2D eigenvalue weighted by Gasteiger charge is -2.44. The van der Waals surface area contributed by atoms with E-state index >= 15 is 0 Å². The van der Waals surface area contributed by atoms with Crippen LogP contribution < -0.4 is 0 Å². The Morgan fingerprint density at radius 2 is 1.74 bits per heavy atom. The summed E-state index contributed by atoms with van der Waals surface area (Å²) in [7, 11) is 3.83. The van der Waals surface area contributed by atoms with E-state index in [0.717, 1.165) is 0 Å². The normalized spacial score (nSPS) is 47.4. The third-order valence-corrected chi connectivity index (χ3v) is 9.06. The van der Waals surface area contributed by atoms with Crippen LogP contribution in [-0.2, 0) is 28.5 Å². The highest BCUT2D eigenvalue weighted by Gasteiger charge is 2.55. The Bertz CT molecular complexity index is 879. The predicted octanol–water partition coefficient (Wildman–Crippen LogP) is 3.10. The largest absolute Gasteiger partial charge is 0.462 e. The number of likely N-dealkylation sites (N-methyl/N-ethyl adjacent to an activating group) is 1. The lowest BCUT2D eigenvalue weighted by molar-refractivity contribution is -0.282. The van der Waals surface area contributed by atoms with Crippen LogP contribution in [-0.4, -0.2) is 95.5 Å². The quantitative estimate of drug-likeness (QED) is 0.400. The molecule has 3 aliphatic rings. The molecule has 0 aliphatic carbocycles. The molecule has 2 fully saturated rings. The van der Waals surface area contributed by atoms with Gasteiger partial charge in [-0.2, -0.15) is 0 Å². The average Bonchev–Trinajstić information content (AvgIpc) is 3.55. The highest BCUT2D eigenvalue weighted by Crippen LogP contribution is 2.44. The molecule has 9 nitrogen and oxygen atoms in total. The van der Waals surface area contributed by atoms with Gasteiger partial charge in [-0.3, -0.25) is 9.59 Å². The molecular formula is C30H51NO8. The summed E-state index contributed by atoms with van der Waals surface area (Å²) in [6.45, 7) is 13.5. The second-order valence-electron chi connectivity index (χ2n) is 12.7. The zero-order chi connectivity index (χ0) is 29.2. The second kappa shape index (κ2) is 13.1. The van der Waals surface area contributed by atoms with Crippen LogP contribution in [0, 0.1) is 23.7 Å². The molecule has 0 amide bonds. The topological polar surface area (TPSA) is 118 Å². The van der Waals surface area contributed by atoms with Crippen molar-refractivity contribution in [3.63, 3.8) is 0 Å². The standard InChI is InChI=1S/C30H51NO8/c1-10-24-20(6)28-30(7,39-28)12-11-22(32)16(2)13-17(3)27(19(5)23(33)15-25(34)37-24)38-29-26(35)21(31(8)9)14-18(4)36-29/h11-12,16-21,23-24,26-29,33,35H,10,13-15H2,1-9H3/b12-11+. The van der Waals surface area contributed by atoms with Crippen LogP contribution in [0.2, 0.25) is 0 Å². The molecule has 0 radical (unpaired) electrons. The number of aliphatic hydroxyl groups excluding tert-OH is 2. The van der Waals surface area contributed by atoms with Crippen LogP contribution in [0.5, 0.6) is 0 Å². The van der Waals surface area contributed by atoms with Crippen molar-refractivity contribution in [1.29, 1.82) is 0 Å². The minimum absolute atomic E-state index is 0.00209. The second-order valence-corrected chi connectivity index (χ2v) is 12.7. The van der Waals surface area contributed by atoms with E-state index in [0.29, 0.717) is 19.3 Å². The van der Waals surface area contributed by atoms with Crippen molar-refractivity contribution in [2.24, 2.45) is 23.7 Å². The molecule has 13 atom stereocenters. The Kier molecular flexibility index (Phi) is 10.8. The van der Waals surface area contributed by atoms with Gasteiger partial charge in [-0.25, -0.2) is 0 Å². The van der Waals surface area contributed by atoms with Gasteiger partial charge in [0.05, 0.1) is 30.8 Å². The van der Waals surface area contributed by atoms with Gasteiger partial charge in [0.2, 0.25) is 0 Å². The van der Waals surface area contributed by atoms with Gasteiger partial charge in [0, 0.05) is 23.8 Å². The summed E-state index contributed by atoms with van der Waals surface area (Å²) in [5.41, 5.74) is -0.578. The monoisotopic (exact) mass is 553 g/mol. The van der Waals surface area contributed by atoms with E-state index in [9.17, 15) is 19.8 Å². The molecule has 3 heterocycles. The number of hydrogen-bond donors (Lipinski definition) is 2. The minimum Gasteiger partial charge on any atom is -0.462 e. The van der Waals surface area contributed by atoms with Crippen molar-refractivity contribution in [2.75, 3.05) is 14.1 Å². The van der Waals surface area contributed by atoms with Gasteiger partial charge in [-0.05, 0) is 65.3 Å². The number of carbonyl (C=O) groups is 2. The van der Waals surface area contributed by atoms with E-state index in [1.54, 1.807) is 6.08 Å². The number of ether oxygens (including phenoxy) is 4. The maximum Gasteiger partial charge on any atom is 0.308 e. The Labute approximate surface area is 234 Å². The fourth-order valence-corrected chi connectivity index (χ4v) is 6.36. The summed E-state index contributed by atoms with van der Waals surface area (Å²) in [6.07, 6.45) is 0.957. The van der Waals surface area contributed by atoms with E-state index < -0.39 is 42.1 Å². The van der Waals surface area contributed by atoms with Crippen molar-refractivity contribution in [3.8, 4) is 0 Å². The zero-order valence-corrected chi connectivity index (χ0v) is 25.2. The van der Waals surface area contributed by atoms with Crippen LogP contribution in [0.25, 0.3) is 0 Å². The molecule has 0 spiro atoms. The molecule has 13 unspecified atom stereocenters. The first kappa shape index (κ1) is 32.2. The number of nitrogens with zero attached hydrogens (tertiary/aromatic N) is 1. The van der Waals surface area contributed by atoms with Crippen LogP contribution in [0.15, 0.2) is 12.2 Å². The molecule has 224 valence electrons. The SMILES string of the molecule is CCC1OC(=O)CC(O)C(C)C(OC2OC(C)CC(N(C)C)C2O)C(C)CC(C)C(=O)/C=C/C2(C)OC2C1C. The number of fused-ring (bicyclic) bond motifs is 1. The number of epoxide rings is 1. The number of carbonyl (C=O) groups excluding carboxylic acids is 2. The number of hydrogen-bond acceptors (Lipinski definition) is 9. The highest BCUT2D eigenvalue weighted by atomic mass is 16.7. The first-order valence-corrected chi connectivity index (χ1v) is 14.6. The van der Waals surface area contributed by atoms with Gasteiger partial charge in [0.1, 0.15) is 17.8 Å². The van der Waals surface area contributed by atoms with E-state index in [1.165, 1.54) is 0 Å². The molecule has 0 saturated carbocycles. The zero-order valence-electron chi connectivity index (χ0n) is 25.2. The average molecular weight is 554 g/mol. The van der Waals surface area contributed by atoms with Crippen molar-refractivity contribution < 1.29 is 38.7 Å². The summed E-state index contributed by atoms with van der Waals surface area (Å²) in [6, 6.07) is -0.149. The number of esters is 1. The maximum absolute atomic E-state index is 13.1. The Balaban J connectivity index is 1.88. The molecule has 2 N–H and O–H groups in total. The smallest absolute Gasteiger partial charge is 0.308 e. The van der Waals surface area contributed by atoms with E-state index in [2.05, 4.69) is 0 Å². The fraction of sp³-hybridized carbons (Fsp3) is 0.867. The lowest BCUT2D eigenvalue weighted by Crippen LogP contribution is -2.56.